The van der Waals surface area contributed by atoms with Gasteiger partial charge in [-0.05, 0) is 71.1 Å². The van der Waals surface area contributed by atoms with E-state index in [0.29, 0.717) is 0 Å². The minimum atomic E-state index is -0.168. The average Bonchev–Trinajstić information content (AvgIpc) is 2.31. The molecule has 0 spiro atoms. The number of hydrogen-bond acceptors (Lipinski definition) is 2. The molecule has 3 heteroatoms. The quantitative estimate of drug-likeness (QED) is 0.847. The lowest BCUT2D eigenvalue weighted by Crippen LogP contribution is -2.49. The van der Waals surface area contributed by atoms with Gasteiger partial charge in [0.1, 0.15) is 5.82 Å². The summed E-state index contributed by atoms with van der Waals surface area (Å²) in [6.07, 6.45) is 1.08. The van der Waals surface area contributed by atoms with Crippen LogP contribution in [0, 0.1) is 12.7 Å². The van der Waals surface area contributed by atoms with Crippen LogP contribution in [0.5, 0.6) is 0 Å². The van der Waals surface area contributed by atoms with E-state index in [0.717, 1.165) is 18.5 Å². The van der Waals surface area contributed by atoms with Gasteiger partial charge in [0.2, 0.25) is 0 Å². The summed E-state index contributed by atoms with van der Waals surface area (Å²) in [5.74, 6) is -0.168. The number of nitrogens with one attached hydrogen (secondary N) is 1. The number of halogens is 1. The maximum Gasteiger partial charge on any atom is 0.123 e. The molecule has 0 aliphatic heterocycles. The fraction of sp³-hybridized carbons (Fsp3) is 0.625. The van der Waals surface area contributed by atoms with Gasteiger partial charge in [-0.15, -0.1) is 0 Å². The van der Waals surface area contributed by atoms with Crippen LogP contribution in [-0.2, 0) is 0 Å². The third kappa shape index (κ3) is 3.77. The lowest BCUT2D eigenvalue weighted by Gasteiger charge is -2.41. The Bertz CT molecular complexity index is 413. The summed E-state index contributed by atoms with van der Waals surface area (Å²) in [6, 6.07) is 5.25. The second-order valence-corrected chi connectivity index (χ2v) is 5.94. The normalized spacial score (nSPS) is 13.9. The monoisotopic (exact) mass is 266 g/mol. The number of benzene rings is 1. The van der Waals surface area contributed by atoms with Crippen LogP contribution < -0.4 is 5.32 Å². The van der Waals surface area contributed by atoms with Crippen molar-refractivity contribution in [1.82, 2.24) is 10.2 Å². The molecule has 108 valence electrons. The Labute approximate surface area is 117 Å². The van der Waals surface area contributed by atoms with Gasteiger partial charge in [0.15, 0.2) is 0 Å². The van der Waals surface area contributed by atoms with E-state index < -0.39 is 0 Å². The minimum Gasteiger partial charge on any atom is -0.308 e. The van der Waals surface area contributed by atoms with Crippen LogP contribution in [0.25, 0.3) is 0 Å². The molecule has 19 heavy (non-hydrogen) atoms. The van der Waals surface area contributed by atoms with Crippen LogP contribution in [-0.4, -0.2) is 31.1 Å². The first kappa shape index (κ1) is 16.1. The predicted molar refractivity (Wildman–Crippen MR) is 79.9 cm³/mol. The molecule has 0 amide bonds. The molecule has 1 rings (SSSR count). The Morgan fingerprint density at radius 1 is 1.32 bits per heavy atom. The van der Waals surface area contributed by atoms with Crippen molar-refractivity contribution in [3.63, 3.8) is 0 Å². The molecule has 0 bridgehead atoms. The molecule has 0 aromatic heterocycles. The molecule has 1 aromatic carbocycles. The third-order valence-corrected chi connectivity index (χ3v) is 4.00. The summed E-state index contributed by atoms with van der Waals surface area (Å²) in [4.78, 5) is 2.21. The van der Waals surface area contributed by atoms with E-state index in [1.54, 1.807) is 12.1 Å². The lowest BCUT2D eigenvalue weighted by atomic mass is 9.85. The van der Waals surface area contributed by atoms with Crippen molar-refractivity contribution in [3.05, 3.63) is 35.1 Å². The van der Waals surface area contributed by atoms with E-state index in [4.69, 9.17) is 0 Å². The van der Waals surface area contributed by atoms with Gasteiger partial charge < -0.3 is 10.2 Å². The summed E-state index contributed by atoms with van der Waals surface area (Å²) < 4.78 is 13.3. The van der Waals surface area contributed by atoms with Crippen molar-refractivity contribution in [3.8, 4) is 0 Å². The van der Waals surface area contributed by atoms with E-state index in [-0.39, 0.29) is 17.4 Å². The third-order valence-electron chi connectivity index (χ3n) is 4.00. The standard InChI is InChI=1S/C16H27FN2/c1-7-10-18-15(16(3,4)19(5)6)14-9-8-13(17)11-12(14)2/h8-9,11,15,18H,7,10H2,1-6H3. The zero-order valence-electron chi connectivity index (χ0n) is 13.0. The Hall–Kier alpha value is -0.930. The molecule has 1 unspecified atom stereocenters. The van der Waals surface area contributed by atoms with Gasteiger partial charge in [-0.1, -0.05) is 13.0 Å². The highest BCUT2D eigenvalue weighted by atomic mass is 19.1. The van der Waals surface area contributed by atoms with Crippen molar-refractivity contribution >= 4 is 0 Å². The molecule has 0 aliphatic rings. The number of rotatable bonds is 6. The van der Waals surface area contributed by atoms with Crippen LogP contribution in [0.3, 0.4) is 0 Å². The Kier molecular flexibility index (Phi) is 5.50. The van der Waals surface area contributed by atoms with Gasteiger partial charge >= 0.3 is 0 Å². The van der Waals surface area contributed by atoms with Crippen molar-refractivity contribution in [2.45, 2.75) is 45.7 Å². The summed E-state index contributed by atoms with van der Waals surface area (Å²) in [5, 5.41) is 3.60. The molecule has 0 saturated heterocycles. The largest absolute Gasteiger partial charge is 0.308 e. The molecular formula is C16H27FN2. The molecule has 1 N–H and O–H groups in total. The van der Waals surface area contributed by atoms with Crippen LogP contribution in [0.4, 0.5) is 4.39 Å². The first-order valence-electron chi connectivity index (χ1n) is 6.97. The number of likely N-dealkylation sites (N-methyl/N-ethyl adjacent to an activating group) is 1. The Morgan fingerprint density at radius 2 is 1.95 bits per heavy atom. The van der Waals surface area contributed by atoms with Crippen molar-refractivity contribution < 1.29 is 4.39 Å². The Balaban J connectivity index is 3.16. The molecule has 2 nitrogen and oxygen atoms in total. The maximum atomic E-state index is 13.3. The molecule has 0 radical (unpaired) electrons. The average molecular weight is 266 g/mol. The molecule has 1 aromatic rings. The topological polar surface area (TPSA) is 15.3 Å². The highest BCUT2D eigenvalue weighted by Gasteiger charge is 2.33. The Morgan fingerprint density at radius 3 is 2.42 bits per heavy atom. The molecule has 1 atom stereocenters. The SMILES string of the molecule is CCCNC(c1ccc(F)cc1C)C(C)(C)N(C)C. The van der Waals surface area contributed by atoms with Crippen molar-refractivity contribution in [2.75, 3.05) is 20.6 Å². The van der Waals surface area contributed by atoms with Crippen LogP contribution in [0.15, 0.2) is 18.2 Å². The number of nitrogens with zero attached hydrogens (tertiary/aromatic N) is 1. The zero-order valence-corrected chi connectivity index (χ0v) is 13.0. The van der Waals surface area contributed by atoms with E-state index >= 15 is 0 Å². The summed E-state index contributed by atoms with van der Waals surface area (Å²) in [5.41, 5.74) is 2.13. The van der Waals surface area contributed by atoms with Crippen LogP contribution >= 0.6 is 0 Å². The summed E-state index contributed by atoms with van der Waals surface area (Å²) >= 11 is 0. The molecule has 0 saturated carbocycles. The van der Waals surface area contributed by atoms with Gasteiger partial charge in [0.05, 0.1) is 6.04 Å². The smallest absolute Gasteiger partial charge is 0.123 e. The second-order valence-electron chi connectivity index (χ2n) is 5.94. The highest BCUT2D eigenvalue weighted by molar-refractivity contribution is 5.32. The van der Waals surface area contributed by atoms with Crippen LogP contribution in [0.2, 0.25) is 0 Å². The van der Waals surface area contributed by atoms with Gasteiger partial charge in [0.25, 0.3) is 0 Å². The summed E-state index contributed by atoms with van der Waals surface area (Å²) in [6.45, 7) is 9.51. The van der Waals surface area contributed by atoms with E-state index in [9.17, 15) is 4.39 Å². The predicted octanol–water partition coefficient (Wildman–Crippen LogP) is 3.52. The van der Waals surface area contributed by atoms with Gasteiger partial charge in [-0.2, -0.15) is 0 Å². The van der Waals surface area contributed by atoms with E-state index in [1.807, 2.05) is 13.0 Å². The van der Waals surface area contributed by atoms with E-state index in [1.165, 1.54) is 5.56 Å². The summed E-state index contributed by atoms with van der Waals surface area (Å²) in [7, 11) is 4.17. The highest BCUT2D eigenvalue weighted by Crippen LogP contribution is 2.31. The first-order chi connectivity index (χ1) is 8.80. The number of hydrogen-bond donors (Lipinski definition) is 1. The fourth-order valence-electron chi connectivity index (χ4n) is 2.25. The number of aryl methyl sites for hydroxylation is 1. The molecule has 0 heterocycles. The zero-order chi connectivity index (χ0) is 14.6. The van der Waals surface area contributed by atoms with Gasteiger partial charge in [0, 0.05) is 5.54 Å². The first-order valence-corrected chi connectivity index (χ1v) is 6.97. The van der Waals surface area contributed by atoms with Crippen molar-refractivity contribution in [1.29, 1.82) is 0 Å². The fourth-order valence-corrected chi connectivity index (χ4v) is 2.25. The van der Waals surface area contributed by atoms with Gasteiger partial charge in [-0.25, -0.2) is 4.39 Å². The van der Waals surface area contributed by atoms with Crippen molar-refractivity contribution in [2.24, 2.45) is 0 Å². The van der Waals surface area contributed by atoms with Crippen LogP contribution in [0.1, 0.15) is 44.4 Å². The van der Waals surface area contributed by atoms with Gasteiger partial charge in [-0.3, -0.25) is 0 Å². The molecule has 0 fully saturated rings. The van der Waals surface area contributed by atoms with E-state index in [2.05, 4.69) is 45.1 Å². The lowest BCUT2D eigenvalue weighted by molar-refractivity contribution is 0.137. The molecule has 0 aliphatic carbocycles. The molecular weight excluding hydrogens is 239 g/mol. The second kappa shape index (κ2) is 6.49. The maximum absolute atomic E-state index is 13.3. The minimum absolute atomic E-state index is 0.0439.